The van der Waals surface area contributed by atoms with E-state index in [1.165, 1.54) is 0 Å². The van der Waals surface area contributed by atoms with Crippen LogP contribution in [0.3, 0.4) is 0 Å². The van der Waals surface area contributed by atoms with Crippen LogP contribution in [0, 0.1) is 29.5 Å². The maximum Gasteiger partial charge on any atom is 0.229 e. The molecule has 146 valence electrons. The summed E-state index contributed by atoms with van der Waals surface area (Å²) in [5.74, 6) is 0.190. The third-order valence-corrected chi connectivity index (χ3v) is 6.44. The van der Waals surface area contributed by atoms with E-state index in [2.05, 4.69) is 32.0 Å². The second-order valence-electron chi connectivity index (χ2n) is 8.10. The van der Waals surface area contributed by atoms with E-state index in [-0.39, 0.29) is 35.5 Å². The van der Waals surface area contributed by atoms with E-state index in [0.29, 0.717) is 11.9 Å². The predicted molar refractivity (Wildman–Crippen MR) is 103 cm³/mol. The molecule has 6 bridgehead atoms. The number of fused-ring (bicyclic) bond motifs is 5. The topological polar surface area (TPSA) is 105 Å². The van der Waals surface area contributed by atoms with Crippen molar-refractivity contribution >= 4 is 23.4 Å². The van der Waals surface area contributed by atoms with Crippen molar-refractivity contribution in [2.24, 2.45) is 29.4 Å². The van der Waals surface area contributed by atoms with Crippen molar-refractivity contribution < 1.29 is 9.18 Å². The van der Waals surface area contributed by atoms with Crippen LogP contribution in [0.2, 0.25) is 0 Å². The Hall–Kier alpha value is -2.74. The summed E-state index contributed by atoms with van der Waals surface area (Å²) in [4.78, 5) is 20.5. The number of primary amides is 1. The molecule has 2 heterocycles. The van der Waals surface area contributed by atoms with E-state index in [4.69, 9.17) is 5.73 Å². The molecule has 5 N–H and O–H groups in total. The summed E-state index contributed by atoms with van der Waals surface area (Å²) in [5.41, 5.74) is 7.69. The Balaban J connectivity index is 1.54. The van der Waals surface area contributed by atoms with Crippen LogP contribution in [0.15, 0.2) is 30.5 Å². The molecule has 1 unspecified atom stereocenters. The number of hydrogen-bond donors (Lipinski definition) is 4. The SMILES string of the molecule is NC(=O)[C@H]1[C@H]2CC3CNCc4cccc(c4)Nc4ncc(F)c(n4)N[C@@H]1[C@@H]3C2. The van der Waals surface area contributed by atoms with Crippen molar-refractivity contribution in [3.63, 3.8) is 0 Å². The van der Waals surface area contributed by atoms with Gasteiger partial charge in [-0.15, -0.1) is 0 Å². The number of rotatable bonds is 1. The van der Waals surface area contributed by atoms with Crippen LogP contribution in [0.5, 0.6) is 0 Å². The molecule has 5 atom stereocenters. The van der Waals surface area contributed by atoms with Crippen LogP contribution in [-0.4, -0.2) is 28.5 Å². The number of anilines is 3. The lowest BCUT2D eigenvalue weighted by Crippen LogP contribution is -2.47. The zero-order valence-electron chi connectivity index (χ0n) is 15.4. The van der Waals surface area contributed by atoms with E-state index in [1.807, 2.05) is 18.2 Å². The van der Waals surface area contributed by atoms with Crippen molar-refractivity contribution in [3.8, 4) is 0 Å². The molecule has 2 aliphatic carbocycles. The lowest BCUT2D eigenvalue weighted by atomic mass is 9.77. The highest BCUT2D eigenvalue weighted by Crippen LogP contribution is 2.52. The molecule has 7 nitrogen and oxygen atoms in total. The number of hydrogen-bond acceptors (Lipinski definition) is 6. The van der Waals surface area contributed by atoms with Crippen LogP contribution in [-0.2, 0) is 11.3 Å². The van der Waals surface area contributed by atoms with Gasteiger partial charge in [-0.3, -0.25) is 4.79 Å². The third kappa shape index (κ3) is 2.97. The van der Waals surface area contributed by atoms with E-state index in [9.17, 15) is 9.18 Å². The van der Waals surface area contributed by atoms with Gasteiger partial charge in [0.2, 0.25) is 11.9 Å². The first kappa shape index (κ1) is 17.4. The van der Waals surface area contributed by atoms with Crippen LogP contribution in [0.4, 0.5) is 21.8 Å². The van der Waals surface area contributed by atoms with Crippen molar-refractivity contribution in [2.75, 3.05) is 17.2 Å². The number of halogens is 1. The van der Waals surface area contributed by atoms with Gasteiger partial charge in [0.05, 0.1) is 12.1 Å². The Morgan fingerprint density at radius 3 is 3.00 bits per heavy atom. The minimum absolute atomic E-state index is 0.112. The molecule has 1 aromatic carbocycles. The quantitative estimate of drug-likeness (QED) is 0.601. The van der Waals surface area contributed by atoms with E-state index in [1.54, 1.807) is 0 Å². The Kier molecular flexibility index (Phi) is 4.16. The summed E-state index contributed by atoms with van der Waals surface area (Å²) in [6.07, 6.45) is 3.06. The molecule has 3 aliphatic rings. The standard InChI is InChI=1S/C20H23FN6O/c21-15-9-24-20-25-13-3-1-2-10(4-13)7-23-8-12-5-11-6-14(12)17(16(11)18(22)28)26-19(15)27-20/h1-4,9,11-12,14,16-17,23H,5-8H2,(H2,22,28)(H2,24,25,26,27)/t11-,12?,14+,16-,17+/m0/s1. The van der Waals surface area contributed by atoms with Crippen LogP contribution in [0.1, 0.15) is 18.4 Å². The fourth-order valence-electron chi connectivity index (χ4n) is 5.31. The highest BCUT2D eigenvalue weighted by Gasteiger charge is 2.54. The average Bonchev–Trinajstić information content (AvgIpc) is 3.22. The Bertz CT molecular complexity index is 921. The van der Waals surface area contributed by atoms with E-state index in [0.717, 1.165) is 43.4 Å². The lowest BCUT2D eigenvalue weighted by molar-refractivity contribution is -0.123. The van der Waals surface area contributed by atoms with Crippen molar-refractivity contribution in [2.45, 2.75) is 25.4 Å². The molecule has 0 spiro atoms. The van der Waals surface area contributed by atoms with Gasteiger partial charge in [0.1, 0.15) is 0 Å². The maximum absolute atomic E-state index is 14.4. The first-order chi connectivity index (χ1) is 13.6. The van der Waals surface area contributed by atoms with Gasteiger partial charge in [0.15, 0.2) is 11.6 Å². The minimum atomic E-state index is -0.535. The third-order valence-electron chi connectivity index (χ3n) is 6.44. The number of amides is 1. The largest absolute Gasteiger partial charge is 0.369 e. The predicted octanol–water partition coefficient (Wildman–Crippen LogP) is 2.00. The van der Waals surface area contributed by atoms with Gasteiger partial charge in [-0.25, -0.2) is 9.37 Å². The Morgan fingerprint density at radius 2 is 2.14 bits per heavy atom. The summed E-state index contributed by atoms with van der Waals surface area (Å²) in [7, 11) is 0. The number of nitrogens with zero attached hydrogens (tertiary/aromatic N) is 2. The maximum atomic E-state index is 14.4. The van der Waals surface area contributed by atoms with Crippen LogP contribution >= 0.6 is 0 Å². The molecule has 1 aliphatic heterocycles. The summed E-state index contributed by atoms with van der Waals surface area (Å²) >= 11 is 0. The molecule has 2 aromatic rings. The average molecular weight is 382 g/mol. The lowest BCUT2D eigenvalue weighted by Gasteiger charge is -2.35. The van der Waals surface area contributed by atoms with Gasteiger partial charge >= 0.3 is 0 Å². The zero-order chi connectivity index (χ0) is 19.3. The number of benzene rings is 1. The van der Waals surface area contributed by atoms with Crippen molar-refractivity contribution in [3.05, 3.63) is 41.8 Å². The van der Waals surface area contributed by atoms with Gasteiger partial charge in [0, 0.05) is 18.3 Å². The van der Waals surface area contributed by atoms with Gasteiger partial charge in [-0.1, -0.05) is 12.1 Å². The second kappa shape index (κ2) is 6.70. The zero-order valence-corrected chi connectivity index (χ0v) is 15.4. The van der Waals surface area contributed by atoms with E-state index < -0.39 is 5.82 Å². The van der Waals surface area contributed by atoms with Gasteiger partial charge in [0.25, 0.3) is 0 Å². The fourth-order valence-corrected chi connectivity index (χ4v) is 5.31. The molecule has 0 radical (unpaired) electrons. The Labute approximate surface area is 162 Å². The van der Waals surface area contributed by atoms with Crippen molar-refractivity contribution in [1.29, 1.82) is 0 Å². The number of nitrogens with one attached hydrogen (secondary N) is 3. The molecule has 2 saturated carbocycles. The molecule has 28 heavy (non-hydrogen) atoms. The molecule has 1 amide bonds. The summed E-state index contributed by atoms with van der Waals surface area (Å²) in [6.45, 7) is 1.62. The highest BCUT2D eigenvalue weighted by atomic mass is 19.1. The van der Waals surface area contributed by atoms with Gasteiger partial charge in [-0.2, -0.15) is 4.98 Å². The Morgan fingerprint density at radius 1 is 1.25 bits per heavy atom. The number of nitrogens with two attached hydrogens (primary N) is 1. The molecule has 1 aromatic heterocycles. The number of carbonyl (C=O) groups excluding carboxylic acids is 1. The first-order valence-electron chi connectivity index (χ1n) is 9.73. The monoisotopic (exact) mass is 382 g/mol. The number of carbonyl (C=O) groups is 1. The minimum Gasteiger partial charge on any atom is -0.369 e. The van der Waals surface area contributed by atoms with Crippen molar-refractivity contribution in [1.82, 2.24) is 15.3 Å². The van der Waals surface area contributed by atoms with Crippen LogP contribution in [0.25, 0.3) is 0 Å². The smallest absolute Gasteiger partial charge is 0.229 e. The van der Waals surface area contributed by atoms with Gasteiger partial charge < -0.3 is 21.7 Å². The highest BCUT2D eigenvalue weighted by molar-refractivity contribution is 5.79. The molecule has 5 rings (SSSR count). The molecular formula is C20H23FN6O. The fraction of sp³-hybridized carbons (Fsp3) is 0.450. The van der Waals surface area contributed by atoms with Crippen LogP contribution < -0.4 is 21.7 Å². The normalized spacial score (nSPS) is 30.8. The molecular weight excluding hydrogens is 359 g/mol. The van der Waals surface area contributed by atoms with Gasteiger partial charge in [-0.05, 0) is 54.8 Å². The van der Waals surface area contributed by atoms with E-state index >= 15 is 0 Å². The molecule has 0 saturated heterocycles. The first-order valence-corrected chi connectivity index (χ1v) is 9.73. The summed E-state index contributed by atoms with van der Waals surface area (Å²) in [6, 6.07) is 7.78. The second-order valence-corrected chi connectivity index (χ2v) is 8.10. The summed E-state index contributed by atoms with van der Waals surface area (Å²) in [5, 5.41) is 9.88. The number of aromatic nitrogens is 2. The summed E-state index contributed by atoms with van der Waals surface area (Å²) < 4.78 is 14.4. The molecule has 2 fully saturated rings. The molecule has 8 heteroatoms.